The molecule has 0 aliphatic heterocycles. The van der Waals surface area contributed by atoms with Gasteiger partial charge < -0.3 is 19.3 Å². The van der Waals surface area contributed by atoms with E-state index in [1.807, 2.05) is 6.08 Å². The van der Waals surface area contributed by atoms with Crippen molar-refractivity contribution in [2.24, 2.45) is 0 Å². The standard InChI is InChI=1S/C16H24O4/c1-2-15-3-5-16(6-4-15)7-9-18-11-13-20-14-12-19-10-8-17/h2-6,17H,1,7-14H2. The Morgan fingerprint density at radius 3 is 1.95 bits per heavy atom. The monoisotopic (exact) mass is 280 g/mol. The Bertz CT molecular complexity index is 348. The molecule has 4 heteroatoms. The highest BCUT2D eigenvalue weighted by molar-refractivity contribution is 5.47. The summed E-state index contributed by atoms with van der Waals surface area (Å²) in [4.78, 5) is 0. The fraction of sp³-hybridized carbons (Fsp3) is 0.500. The van der Waals surface area contributed by atoms with Gasteiger partial charge in [0.05, 0.1) is 46.2 Å². The Hall–Kier alpha value is -1.20. The van der Waals surface area contributed by atoms with Crippen molar-refractivity contribution in [1.29, 1.82) is 0 Å². The first-order valence-electron chi connectivity index (χ1n) is 6.92. The Morgan fingerprint density at radius 2 is 1.40 bits per heavy atom. The summed E-state index contributed by atoms with van der Waals surface area (Å²) in [6, 6.07) is 8.29. The van der Waals surface area contributed by atoms with Gasteiger partial charge in [-0.05, 0) is 17.5 Å². The molecule has 1 rings (SSSR count). The van der Waals surface area contributed by atoms with Gasteiger partial charge in [0.2, 0.25) is 0 Å². The molecule has 0 atom stereocenters. The molecule has 0 spiro atoms. The number of aliphatic hydroxyl groups excluding tert-OH is 1. The predicted octanol–water partition coefficient (Wildman–Crippen LogP) is 1.91. The van der Waals surface area contributed by atoms with Gasteiger partial charge in [-0.15, -0.1) is 0 Å². The van der Waals surface area contributed by atoms with Crippen LogP contribution in [0, 0.1) is 0 Å². The fourth-order valence-corrected chi connectivity index (χ4v) is 1.62. The zero-order valence-electron chi connectivity index (χ0n) is 11.9. The minimum Gasteiger partial charge on any atom is -0.394 e. The van der Waals surface area contributed by atoms with Gasteiger partial charge >= 0.3 is 0 Å². The first-order valence-corrected chi connectivity index (χ1v) is 6.92. The summed E-state index contributed by atoms with van der Waals surface area (Å²) in [5, 5.41) is 8.50. The van der Waals surface area contributed by atoms with E-state index in [4.69, 9.17) is 19.3 Å². The largest absolute Gasteiger partial charge is 0.394 e. The number of hydrogen-bond acceptors (Lipinski definition) is 4. The molecular formula is C16H24O4. The minimum absolute atomic E-state index is 0.0525. The van der Waals surface area contributed by atoms with Crippen molar-refractivity contribution in [3.05, 3.63) is 42.0 Å². The Balaban J connectivity index is 1.92. The van der Waals surface area contributed by atoms with Crippen molar-refractivity contribution in [2.75, 3.05) is 46.2 Å². The molecule has 0 saturated heterocycles. The molecule has 112 valence electrons. The van der Waals surface area contributed by atoms with Crippen LogP contribution in [-0.2, 0) is 20.6 Å². The van der Waals surface area contributed by atoms with Crippen molar-refractivity contribution < 1.29 is 19.3 Å². The maximum absolute atomic E-state index is 8.50. The van der Waals surface area contributed by atoms with E-state index in [1.165, 1.54) is 5.56 Å². The third kappa shape index (κ3) is 8.07. The average Bonchev–Trinajstić information content (AvgIpc) is 2.50. The lowest BCUT2D eigenvalue weighted by Crippen LogP contribution is -2.11. The summed E-state index contributed by atoms with van der Waals surface area (Å²) >= 11 is 0. The van der Waals surface area contributed by atoms with Gasteiger partial charge in [-0.25, -0.2) is 0 Å². The van der Waals surface area contributed by atoms with Crippen LogP contribution in [0.3, 0.4) is 0 Å². The van der Waals surface area contributed by atoms with E-state index in [9.17, 15) is 0 Å². The van der Waals surface area contributed by atoms with Gasteiger partial charge in [0.15, 0.2) is 0 Å². The third-order valence-electron chi connectivity index (χ3n) is 2.73. The third-order valence-corrected chi connectivity index (χ3v) is 2.73. The van der Waals surface area contributed by atoms with E-state index in [0.717, 1.165) is 12.0 Å². The van der Waals surface area contributed by atoms with Gasteiger partial charge in [0, 0.05) is 0 Å². The molecule has 0 aromatic heterocycles. The Labute approximate surface area is 121 Å². The average molecular weight is 280 g/mol. The molecule has 0 aliphatic rings. The quantitative estimate of drug-likeness (QED) is 0.594. The fourth-order valence-electron chi connectivity index (χ4n) is 1.62. The summed E-state index contributed by atoms with van der Waals surface area (Å²) in [6.45, 7) is 7.04. The molecule has 0 fully saturated rings. The van der Waals surface area contributed by atoms with Crippen molar-refractivity contribution >= 4 is 6.08 Å². The molecule has 0 bridgehead atoms. The van der Waals surface area contributed by atoms with Crippen LogP contribution in [-0.4, -0.2) is 51.4 Å². The van der Waals surface area contributed by atoms with E-state index >= 15 is 0 Å². The van der Waals surface area contributed by atoms with Crippen LogP contribution in [0.1, 0.15) is 11.1 Å². The van der Waals surface area contributed by atoms with Gasteiger partial charge in [-0.1, -0.05) is 36.9 Å². The number of ether oxygens (including phenoxy) is 3. The van der Waals surface area contributed by atoms with E-state index in [2.05, 4.69) is 30.8 Å². The first kappa shape index (κ1) is 16.9. The topological polar surface area (TPSA) is 47.9 Å². The molecule has 20 heavy (non-hydrogen) atoms. The molecule has 0 amide bonds. The number of hydrogen-bond donors (Lipinski definition) is 1. The van der Waals surface area contributed by atoms with Crippen LogP contribution in [0.15, 0.2) is 30.8 Å². The van der Waals surface area contributed by atoms with Crippen LogP contribution in [0.4, 0.5) is 0 Å². The molecule has 0 aliphatic carbocycles. The van der Waals surface area contributed by atoms with Gasteiger partial charge in [-0.2, -0.15) is 0 Å². The number of aliphatic hydroxyl groups is 1. The zero-order chi connectivity index (χ0) is 14.5. The van der Waals surface area contributed by atoms with Gasteiger partial charge in [-0.3, -0.25) is 0 Å². The van der Waals surface area contributed by atoms with E-state index in [-0.39, 0.29) is 6.61 Å². The smallest absolute Gasteiger partial charge is 0.0701 e. The summed E-state index contributed by atoms with van der Waals surface area (Å²) in [7, 11) is 0. The van der Waals surface area contributed by atoms with Crippen molar-refractivity contribution in [3.8, 4) is 0 Å². The second-order valence-corrected chi connectivity index (χ2v) is 4.26. The molecular weight excluding hydrogens is 256 g/mol. The van der Waals surface area contributed by atoms with Gasteiger partial charge in [0.25, 0.3) is 0 Å². The lowest BCUT2D eigenvalue weighted by Gasteiger charge is -2.06. The molecule has 0 radical (unpaired) electrons. The predicted molar refractivity (Wildman–Crippen MR) is 79.8 cm³/mol. The van der Waals surface area contributed by atoms with Crippen LogP contribution >= 0.6 is 0 Å². The molecule has 4 nitrogen and oxygen atoms in total. The van der Waals surface area contributed by atoms with Gasteiger partial charge in [0.1, 0.15) is 0 Å². The molecule has 0 heterocycles. The van der Waals surface area contributed by atoms with Crippen LogP contribution < -0.4 is 0 Å². The summed E-state index contributed by atoms with van der Waals surface area (Å²) in [5.41, 5.74) is 2.39. The van der Waals surface area contributed by atoms with Crippen LogP contribution in [0.2, 0.25) is 0 Å². The molecule has 1 N–H and O–H groups in total. The highest BCUT2D eigenvalue weighted by Gasteiger charge is 1.95. The van der Waals surface area contributed by atoms with Crippen LogP contribution in [0.5, 0.6) is 0 Å². The van der Waals surface area contributed by atoms with Crippen molar-refractivity contribution in [1.82, 2.24) is 0 Å². The highest BCUT2D eigenvalue weighted by atomic mass is 16.5. The second kappa shape index (κ2) is 11.6. The minimum atomic E-state index is 0.0525. The first-order chi connectivity index (χ1) is 9.86. The Kier molecular flexibility index (Phi) is 9.79. The van der Waals surface area contributed by atoms with Crippen molar-refractivity contribution in [3.63, 3.8) is 0 Å². The van der Waals surface area contributed by atoms with E-state index < -0.39 is 0 Å². The maximum Gasteiger partial charge on any atom is 0.0701 e. The number of benzene rings is 1. The number of rotatable bonds is 12. The zero-order valence-corrected chi connectivity index (χ0v) is 11.9. The molecule has 1 aromatic rings. The maximum atomic E-state index is 8.50. The lowest BCUT2D eigenvalue weighted by molar-refractivity contribution is 0.00817. The van der Waals surface area contributed by atoms with Crippen LogP contribution in [0.25, 0.3) is 6.08 Å². The normalized spacial score (nSPS) is 10.7. The highest BCUT2D eigenvalue weighted by Crippen LogP contribution is 2.06. The molecule has 0 unspecified atom stereocenters. The summed E-state index contributed by atoms with van der Waals surface area (Å²) in [6.07, 6.45) is 2.74. The summed E-state index contributed by atoms with van der Waals surface area (Å²) in [5.74, 6) is 0. The second-order valence-electron chi connectivity index (χ2n) is 4.26. The Morgan fingerprint density at radius 1 is 0.850 bits per heavy atom. The van der Waals surface area contributed by atoms with E-state index in [1.54, 1.807) is 0 Å². The molecule has 0 saturated carbocycles. The lowest BCUT2D eigenvalue weighted by atomic mass is 10.1. The molecule has 1 aromatic carbocycles. The van der Waals surface area contributed by atoms with Crippen molar-refractivity contribution in [2.45, 2.75) is 6.42 Å². The summed E-state index contributed by atoms with van der Waals surface area (Å²) < 4.78 is 15.9. The SMILES string of the molecule is C=Cc1ccc(CCOCCOCCOCCO)cc1. The van der Waals surface area contributed by atoms with E-state index in [0.29, 0.717) is 39.6 Å².